The fourth-order valence-corrected chi connectivity index (χ4v) is 2.95. The zero-order valence-electron chi connectivity index (χ0n) is 11.8. The van der Waals surface area contributed by atoms with E-state index in [0.717, 1.165) is 37.7 Å². The second-order valence-corrected chi connectivity index (χ2v) is 5.77. The second kappa shape index (κ2) is 8.10. The van der Waals surface area contributed by atoms with Crippen LogP contribution in [-0.4, -0.2) is 23.9 Å². The minimum absolute atomic E-state index is 0.0483. The molecular formula is C15H30O2. The molecular weight excluding hydrogens is 212 g/mol. The predicted octanol–water partition coefficient (Wildman–Crippen LogP) is 3.77. The van der Waals surface area contributed by atoms with Crippen molar-refractivity contribution >= 4 is 0 Å². The van der Waals surface area contributed by atoms with Gasteiger partial charge in [-0.1, -0.05) is 40.0 Å². The largest absolute Gasteiger partial charge is 0.390 e. The lowest BCUT2D eigenvalue weighted by atomic mass is 9.83. The maximum atomic E-state index is 9.97. The van der Waals surface area contributed by atoms with Gasteiger partial charge in [-0.3, -0.25) is 0 Å². The van der Waals surface area contributed by atoms with Crippen LogP contribution in [0.3, 0.4) is 0 Å². The first-order chi connectivity index (χ1) is 8.17. The van der Waals surface area contributed by atoms with Crippen LogP contribution in [0.4, 0.5) is 0 Å². The van der Waals surface area contributed by atoms with E-state index in [4.69, 9.17) is 4.74 Å². The van der Waals surface area contributed by atoms with Gasteiger partial charge in [0.05, 0.1) is 12.2 Å². The standard InChI is InChI=1S/C15H30O2/c1-4-7-14(16)15(5-2)17-11-13-9-6-8-12(3)10-13/h12-16H,4-11H2,1-3H3. The molecule has 4 atom stereocenters. The molecule has 4 unspecified atom stereocenters. The van der Waals surface area contributed by atoms with Gasteiger partial charge in [0.15, 0.2) is 0 Å². The topological polar surface area (TPSA) is 29.5 Å². The van der Waals surface area contributed by atoms with Crippen molar-refractivity contribution in [2.45, 2.75) is 77.9 Å². The van der Waals surface area contributed by atoms with E-state index in [2.05, 4.69) is 20.8 Å². The molecule has 0 aromatic rings. The van der Waals surface area contributed by atoms with Crippen LogP contribution in [0.15, 0.2) is 0 Å². The van der Waals surface area contributed by atoms with Gasteiger partial charge in [0.1, 0.15) is 0 Å². The molecule has 1 rings (SSSR count). The Morgan fingerprint density at radius 1 is 1.29 bits per heavy atom. The molecule has 1 N–H and O–H groups in total. The monoisotopic (exact) mass is 242 g/mol. The molecule has 1 aliphatic rings. The molecule has 1 aliphatic carbocycles. The Labute approximate surface area is 107 Å². The quantitative estimate of drug-likeness (QED) is 0.736. The summed E-state index contributed by atoms with van der Waals surface area (Å²) in [4.78, 5) is 0. The fourth-order valence-electron chi connectivity index (χ4n) is 2.95. The summed E-state index contributed by atoms with van der Waals surface area (Å²) in [5.74, 6) is 1.58. The van der Waals surface area contributed by atoms with Gasteiger partial charge in [-0.15, -0.1) is 0 Å². The van der Waals surface area contributed by atoms with Crippen molar-refractivity contribution in [1.29, 1.82) is 0 Å². The van der Waals surface area contributed by atoms with Crippen molar-refractivity contribution in [3.8, 4) is 0 Å². The molecule has 0 aliphatic heterocycles. The summed E-state index contributed by atoms with van der Waals surface area (Å²) in [5, 5.41) is 9.97. The molecule has 2 nitrogen and oxygen atoms in total. The van der Waals surface area contributed by atoms with E-state index in [9.17, 15) is 5.11 Å². The Morgan fingerprint density at radius 2 is 2.06 bits per heavy atom. The summed E-state index contributed by atoms with van der Waals surface area (Å²) < 4.78 is 5.94. The van der Waals surface area contributed by atoms with Crippen LogP contribution in [0.5, 0.6) is 0 Å². The molecule has 0 heterocycles. The minimum atomic E-state index is -0.272. The SMILES string of the molecule is CCCC(O)C(CC)OCC1CCCC(C)C1. The summed E-state index contributed by atoms with van der Waals surface area (Å²) in [5.41, 5.74) is 0. The highest BCUT2D eigenvalue weighted by molar-refractivity contribution is 4.72. The molecule has 102 valence electrons. The number of aliphatic hydroxyl groups is 1. The van der Waals surface area contributed by atoms with Crippen LogP contribution in [0, 0.1) is 11.8 Å². The number of hydrogen-bond acceptors (Lipinski definition) is 2. The highest BCUT2D eigenvalue weighted by Crippen LogP contribution is 2.29. The first-order valence-corrected chi connectivity index (χ1v) is 7.47. The smallest absolute Gasteiger partial charge is 0.0831 e. The third-order valence-corrected chi connectivity index (χ3v) is 4.01. The molecule has 2 heteroatoms. The van der Waals surface area contributed by atoms with Gasteiger partial charge in [-0.2, -0.15) is 0 Å². The van der Waals surface area contributed by atoms with Gasteiger partial charge in [-0.25, -0.2) is 0 Å². The van der Waals surface area contributed by atoms with E-state index in [-0.39, 0.29) is 12.2 Å². The van der Waals surface area contributed by atoms with Gasteiger partial charge in [0.25, 0.3) is 0 Å². The third-order valence-electron chi connectivity index (χ3n) is 4.01. The number of aliphatic hydroxyl groups excluding tert-OH is 1. The molecule has 1 fully saturated rings. The van der Waals surface area contributed by atoms with Crippen molar-refractivity contribution in [1.82, 2.24) is 0 Å². The van der Waals surface area contributed by atoms with Gasteiger partial charge in [0.2, 0.25) is 0 Å². The fraction of sp³-hybridized carbons (Fsp3) is 1.00. The molecule has 0 spiro atoms. The lowest BCUT2D eigenvalue weighted by Crippen LogP contribution is -2.31. The molecule has 0 bridgehead atoms. The molecule has 0 aromatic carbocycles. The first-order valence-electron chi connectivity index (χ1n) is 7.47. The summed E-state index contributed by atoms with van der Waals surface area (Å²) in [6.07, 6.45) is 7.93. The van der Waals surface area contributed by atoms with Crippen LogP contribution in [-0.2, 0) is 4.74 Å². The van der Waals surface area contributed by atoms with Crippen molar-refractivity contribution in [2.24, 2.45) is 11.8 Å². The van der Waals surface area contributed by atoms with Crippen LogP contribution in [0.2, 0.25) is 0 Å². The van der Waals surface area contributed by atoms with E-state index in [0.29, 0.717) is 0 Å². The Morgan fingerprint density at radius 3 is 2.65 bits per heavy atom. The summed E-state index contributed by atoms with van der Waals surface area (Å²) in [6, 6.07) is 0. The van der Waals surface area contributed by atoms with Crippen molar-refractivity contribution in [3.63, 3.8) is 0 Å². The lowest BCUT2D eigenvalue weighted by molar-refractivity contribution is -0.0589. The predicted molar refractivity (Wildman–Crippen MR) is 72.1 cm³/mol. The Bertz CT molecular complexity index is 193. The maximum absolute atomic E-state index is 9.97. The van der Waals surface area contributed by atoms with Crippen LogP contribution >= 0.6 is 0 Å². The van der Waals surface area contributed by atoms with Crippen molar-refractivity contribution < 1.29 is 9.84 Å². The molecule has 1 saturated carbocycles. The summed E-state index contributed by atoms with van der Waals surface area (Å²) in [6.45, 7) is 7.41. The zero-order chi connectivity index (χ0) is 12.7. The molecule has 0 radical (unpaired) electrons. The Hall–Kier alpha value is -0.0800. The van der Waals surface area contributed by atoms with E-state index < -0.39 is 0 Å². The Balaban J connectivity index is 2.26. The average Bonchev–Trinajstić information content (AvgIpc) is 2.30. The average molecular weight is 242 g/mol. The molecule has 0 amide bonds. The number of hydrogen-bond donors (Lipinski definition) is 1. The van der Waals surface area contributed by atoms with Gasteiger partial charge >= 0.3 is 0 Å². The van der Waals surface area contributed by atoms with Crippen LogP contribution < -0.4 is 0 Å². The zero-order valence-corrected chi connectivity index (χ0v) is 11.8. The van der Waals surface area contributed by atoms with Crippen LogP contribution in [0.1, 0.15) is 65.7 Å². The van der Waals surface area contributed by atoms with E-state index >= 15 is 0 Å². The lowest BCUT2D eigenvalue weighted by Gasteiger charge is -2.29. The van der Waals surface area contributed by atoms with Gasteiger partial charge < -0.3 is 9.84 Å². The number of ether oxygens (including phenoxy) is 1. The number of rotatable bonds is 7. The van der Waals surface area contributed by atoms with E-state index in [1.165, 1.54) is 25.7 Å². The van der Waals surface area contributed by atoms with Gasteiger partial charge in [-0.05, 0) is 37.5 Å². The third kappa shape index (κ3) is 5.39. The normalized spacial score (nSPS) is 28.9. The summed E-state index contributed by atoms with van der Waals surface area (Å²) >= 11 is 0. The highest BCUT2D eigenvalue weighted by atomic mass is 16.5. The van der Waals surface area contributed by atoms with E-state index in [1.54, 1.807) is 0 Å². The van der Waals surface area contributed by atoms with Gasteiger partial charge in [0, 0.05) is 6.61 Å². The highest BCUT2D eigenvalue weighted by Gasteiger charge is 2.22. The molecule has 0 saturated heterocycles. The van der Waals surface area contributed by atoms with Crippen molar-refractivity contribution in [3.05, 3.63) is 0 Å². The molecule has 17 heavy (non-hydrogen) atoms. The maximum Gasteiger partial charge on any atom is 0.0831 e. The molecule has 0 aromatic heterocycles. The minimum Gasteiger partial charge on any atom is -0.390 e. The van der Waals surface area contributed by atoms with Crippen LogP contribution in [0.25, 0.3) is 0 Å². The first kappa shape index (κ1) is 15.0. The summed E-state index contributed by atoms with van der Waals surface area (Å²) in [7, 11) is 0. The van der Waals surface area contributed by atoms with Crippen molar-refractivity contribution in [2.75, 3.05) is 6.61 Å². The Kier molecular flexibility index (Phi) is 7.14. The van der Waals surface area contributed by atoms with E-state index in [1.807, 2.05) is 0 Å². The second-order valence-electron chi connectivity index (χ2n) is 5.77.